The summed E-state index contributed by atoms with van der Waals surface area (Å²) in [5, 5.41) is 12.4. The predicted molar refractivity (Wildman–Crippen MR) is 78.8 cm³/mol. The first-order valence-corrected chi connectivity index (χ1v) is 7.80. The Labute approximate surface area is 120 Å². The molecule has 2 unspecified atom stereocenters. The second-order valence-corrected chi connectivity index (χ2v) is 6.23. The maximum absolute atomic E-state index is 11.0. The molecule has 1 aromatic rings. The van der Waals surface area contributed by atoms with E-state index >= 15 is 0 Å². The average molecular weight is 273 g/mol. The van der Waals surface area contributed by atoms with Crippen molar-refractivity contribution in [1.29, 1.82) is 0 Å². The zero-order valence-electron chi connectivity index (χ0n) is 11.8. The fraction of sp³-hybridized carbons (Fsp3) is 0.588. The second kappa shape index (κ2) is 5.96. The Hall–Kier alpha value is -1.35. The van der Waals surface area contributed by atoms with Gasteiger partial charge < -0.3 is 10.4 Å². The highest BCUT2D eigenvalue weighted by atomic mass is 16.4. The molecule has 3 rings (SSSR count). The summed E-state index contributed by atoms with van der Waals surface area (Å²) in [4.78, 5) is 11.0. The van der Waals surface area contributed by atoms with Gasteiger partial charge in [0.2, 0.25) is 0 Å². The molecule has 2 aliphatic rings. The zero-order valence-corrected chi connectivity index (χ0v) is 11.8. The summed E-state index contributed by atoms with van der Waals surface area (Å²) < 4.78 is 0. The minimum absolute atomic E-state index is 0.205. The Morgan fingerprint density at radius 2 is 1.70 bits per heavy atom. The van der Waals surface area contributed by atoms with Gasteiger partial charge in [-0.25, -0.2) is 0 Å². The maximum atomic E-state index is 11.0. The van der Waals surface area contributed by atoms with Crippen LogP contribution in [0.5, 0.6) is 0 Å². The molecule has 1 aromatic carbocycles. The fourth-order valence-electron chi connectivity index (χ4n) is 3.61. The molecule has 0 spiro atoms. The number of carboxylic acid groups (broad SMARTS) is 1. The Balaban J connectivity index is 1.65. The van der Waals surface area contributed by atoms with Crippen molar-refractivity contribution in [1.82, 2.24) is 5.32 Å². The first-order valence-electron chi connectivity index (χ1n) is 7.80. The Morgan fingerprint density at radius 3 is 2.30 bits per heavy atom. The molecule has 0 radical (unpaired) electrons. The monoisotopic (exact) mass is 273 g/mol. The zero-order chi connectivity index (χ0) is 13.9. The van der Waals surface area contributed by atoms with E-state index in [9.17, 15) is 4.79 Å². The van der Waals surface area contributed by atoms with E-state index < -0.39 is 5.97 Å². The summed E-state index contributed by atoms with van der Waals surface area (Å²) in [6.07, 6.45) is 7.45. The van der Waals surface area contributed by atoms with Crippen molar-refractivity contribution >= 4 is 5.97 Å². The highest BCUT2D eigenvalue weighted by Gasteiger charge is 2.30. The number of hydrogen-bond donors (Lipinski definition) is 2. The van der Waals surface area contributed by atoms with Crippen molar-refractivity contribution in [2.24, 2.45) is 5.92 Å². The summed E-state index contributed by atoms with van der Waals surface area (Å²) >= 11 is 0. The largest absolute Gasteiger partial charge is 0.481 e. The van der Waals surface area contributed by atoms with Crippen LogP contribution in [0, 0.1) is 5.92 Å². The van der Waals surface area contributed by atoms with Gasteiger partial charge in [-0.2, -0.15) is 0 Å². The van der Waals surface area contributed by atoms with E-state index in [0.717, 1.165) is 5.92 Å². The number of rotatable bonds is 3. The van der Waals surface area contributed by atoms with Crippen molar-refractivity contribution in [3.8, 4) is 0 Å². The molecule has 1 aliphatic heterocycles. The van der Waals surface area contributed by atoms with Gasteiger partial charge >= 0.3 is 5.97 Å². The van der Waals surface area contributed by atoms with Crippen LogP contribution in [0.4, 0.5) is 0 Å². The van der Waals surface area contributed by atoms with Crippen LogP contribution in [0.15, 0.2) is 24.3 Å². The smallest absolute Gasteiger partial charge is 0.307 e. The molecule has 2 N–H and O–H groups in total. The SMILES string of the molecule is O=C(O)C1CNC(c2ccc(C3CCCCC3)cc2)C1. The first-order chi connectivity index (χ1) is 9.74. The van der Waals surface area contributed by atoms with Gasteiger partial charge in [0.1, 0.15) is 0 Å². The maximum Gasteiger partial charge on any atom is 0.307 e. The van der Waals surface area contributed by atoms with Crippen molar-refractivity contribution in [3.63, 3.8) is 0 Å². The third-order valence-corrected chi connectivity index (χ3v) is 4.90. The van der Waals surface area contributed by atoms with Gasteiger partial charge in [-0.3, -0.25) is 4.79 Å². The van der Waals surface area contributed by atoms with E-state index in [1.54, 1.807) is 0 Å². The van der Waals surface area contributed by atoms with Crippen LogP contribution in [0.3, 0.4) is 0 Å². The molecular weight excluding hydrogens is 250 g/mol. The van der Waals surface area contributed by atoms with Crippen LogP contribution < -0.4 is 5.32 Å². The number of hydrogen-bond acceptors (Lipinski definition) is 2. The molecule has 1 aliphatic carbocycles. The van der Waals surface area contributed by atoms with Crippen LogP contribution >= 0.6 is 0 Å². The van der Waals surface area contributed by atoms with E-state index in [2.05, 4.69) is 29.6 Å². The number of benzene rings is 1. The summed E-state index contributed by atoms with van der Waals surface area (Å²) in [5.41, 5.74) is 2.69. The van der Waals surface area contributed by atoms with Crippen LogP contribution in [0.1, 0.15) is 61.6 Å². The van der Waals surface area contributed by atoms with E-state index in [1.807, 2.05) is 0 Å². The first kappa shape index (κ1) is 13.6. The van der Waals surface area contributed by atoms with Crippen LogP contribution in [-0.4, -0.2) is 17.6 Å². The van der Waals surface area contributed by atoms with Crippen LogP contribution in [0.2, 0.25) is 0 Å². The summed E-state index contributed by atoms with van der Waals surface area (Å²) in [6.45, 7) is 0.588. The van der Waals surface area contributed by atoms with Gasteiger partial charge in [-0.05, 0) is 36.3 Å². The molecule has 0 aromatic heterocycles. The van der Waals surface area contributed by atoms with Gasteiger partial charge in [-0.15, -0.1) is 0 Å². The molecule has 0 bridgehead atoms. The standard InChI is InChI=1S/C17H23NO2/c19-17(20)15-10-16(18-11-15)14-8-6-13(7-9-14)12-4-2-1-3-5-12/h6-9,12,15-16,18H,1-5,10-11H2,(H,19,20). The van der Waals surface area contributed by atoms with E-state index in [1.165, 1.54) is 43.2 Å². The summed E-state index contributed by atoms with van der Waals surface area (Å²) in [5.74, 6) is -0.182. The normalized spacial score (nSPS) is 27.6. The predicted octanol–water partition coefficient (Wildman–Crippen LogP) is 3.47. The minimum Gasteiger partial charge on any atom is -0.481 e. The molecule has 2 atom stereocenters. The van der Waals surface area contributed by atoms with Crippen LogP contribution in [0.25, 0.3) is 0 Å². The summed E-state index contributed by atoms with van der Waals surface area (Å²) in [7, 11) is 0. The van der Waals surface area contributed by atoms with Gasteiger partial charge in [0, 0.05) is 12.6 Å². The summed E-state index contributed by atoms with van der Waals surface area (Å²) in [6, 6.07) is 9.08. The topological polar surface area (TPSA) is 49.3 Å². The average Bonchev–Trinajstić information content (AvgIpc) is 2.98. The van der Waals surface area contributed by atoms with Crippen LogP contribution in [-0.2, 0) is 4.79 Å². The lowest BCUT2D eigenvalue weighted by Gasteiger charge is -2.22. The molecule has 3 nitrogen and oxygen atoms in total. The van der Waals surface area contributed by atoms with Crippen molar-refractivity contribution in [3.05, 3.63) is 35.4 Å². The van der Waals surface area contributed by atoms with Crippen molar-refractivity contribution in [2.45, 2.75) is 50.5 Å². The van der Waals surface area contributed by atoms with Gasteiger partial charge in [0.05, 0.1) is 5.92 Å². The molecule has 3 heteroatoms. The number of aliphatic carboxylic acids is 1. The van der Waals surface area contributed by atoms with E-state index in [0.29, 0.717) is 13.0 Å². The molecule has 108 valence electrons. The Kier molecular flexibility index (Phi) is 4.06. The number of carbonyl (C=O) groups is 1. The second-order valence-electron chi connectivity index (χ2n) is 6.23. The molecular formula is C17H23NO2. The lowest BCUT2D eigenvalue weighted by Crippen LogP contribution is -2.17. The lowest BCUT2D eigenvalue weighted by molar-refractivity contribution is -0.141. The fourth-order valence-corrected chi connectivity index (χ4v) is 3.61. The highest BCUT2D eigenvalue weighted by Crippen LogP contribution is 2.34. The third-order valence-electron chi connectivity index (χ3n) is 4.90. The van der Waals surface area contributed by atoms with Crippen molar-refractivity contribution < 1.29 is 9.90 Å². The molecule has 0 amide bonds. The Bertz CT molecular complexity index is 462. The quantitative estimate of drug-likeness (QED) is 0.886. The highest BCUT2D eigenvalue weighted by molar-refractivity contribution is 5.70. The minimum atomic E-state index is -0.682. The lowest BCUT2D eigenvalue weighted by atomic mass is 9.83. The van der Waals surface area contributed by atoms with E-state index in [-0.39, 0.29) is 12.0 Å². The number of nitrogens with one attached hydrogen (secondary N) is 1. The van der Waals surface area contributed by atoms with E-state index in [4.69, 9.17) is 5.11 Å². The molecule has 2 fully saturated rings. The third kappa shape index (κ3) is 2.88. The molecule has 20 heavy (non-hydrogen) atoms. The van der Waals surface area contributed by atoms with Gasteiger partial charge in [-0.1, -0.05) is 43.5 Å². The Morgan fingerprint density at radius 1 is 1.05 bits per heavy atom. The number of carboxylic acids is 1. The molecule has 1 saturated heterocycles. The molecule has 1 saturated carbocycles. The van der Waals surface area contributed by atoms with Gasteiger partial charge in [0.25, 0.3) is 0 Å². The molecule has 1 heterocycles. The van der Waals surface area contributed by atoms with Crippen molar-refractivity contribution in [2.75, 3.05) is 6.54 Å². The van der Waals surface area contributed by atoms with Gasteiger partial charge in [0.15, 0.2) is 0 Å².